The van der Waals surface area contributed by atoms with Gasteiger partial charge in [0.25, 0.3) is 0 Å². The standard InChI is InChI=1S/C10H15NO2.C9H12N2.C3H8/c12-7-9-6-5-8-3-1-2-4-10(13)11(8)9;1-7-4-8(2-3-11-7)9-5-10-6-9;1-3-2/h7-9H,1-6H2;2-4,9-10H,5-6H2,1H3;3H2,1-2H3/t8-,9-;;/m0../s1. The van der Waals surface area contributed by atoms with Crippen LogP contribution >= 0.6 is 0 Å². The van der Waals surface area contributed by atoms with Gasteiger partial charge in [0.05, 0.1) is 6.04 Å². The number of aryl methyl sites for hydroxylation is 1. The zero-order valence-corrected chi connectivity index (χ0v) is 17.1. The molecular formula is C22H35N3O2. The first kappa shape index (κ1) is 21.5. The number of hydrogen-bond donors (Lipinski definition) is 1. The summed E-state index contributed by atoms with van der Waals surface area (Å²) in [6, 6.07) is 4.53. The Balaban J connectivity index is 0.000000171. The quantitative estimate of drug-likeness (QED) is 0.805. The molecule has 2 atom stereocenters. The Hall–Kier alpha value is -1.75. The Morgan fingerprint density at radius 2 is 1.96 bits per heavy atom. The Morgan fingerprint density at radius 1 is 1.22 bits per heavy atom. The first-order valence-electron chi connectivity index (χ1n) is 10.5. The summed E-state index contributed by atoms with van der Waals surface area (Å²) in [5.41, 5.74) is 2.55. The highest BCUT2D eigenvalue weighted by molar-refractivity contribution is 5.81. The summed E-state index contributed by atoms with van der Waals surface area (Å²) in [4.78, 5) is 28.4. The minimum Gasteiger partial charge on any atom is -0.330 e. The number of pyridine rings is 1. The molecular weight excluding hydrogens is 338 g/mol. The molecule has 0 aromatic carbocycles. The number of rotatable bonds is 2. The van der Waals surface area contributed by atoms with Gasteiger partial charge in [0, 0.05) is 43.4 Å². The number of carbonyl (C=O) groups excluding carboxylic acids is 2. The number of amides is 1. The normalized spacial score (nSPS) is 24.4. The van der Waals surface area contributed by atoms with Gasteiger partial charge in [-0.2, -0.15) is 0 Å². The summed E-state index contributed by atoms with van der Waals surface area (Å²) in [6.07, 6.45) is 9.84. The van der Waals surface area contributed by atoms with Crippen LogP contribution in [0.2, 0.25) is 0 Å². The molecule has 3 saturated heterocycles. The third kappa shape index (κ3) is 6.13. The van der Waals surface area contributed by atoms with Crippen molar-refractivity contribution >= 4 is 12.2 Å². The highest BCUT2D eigenvalue weighted by Gasteiger charge is 2.37. The van der Waals surface area contributed by atoms with E-state index < -0.39 is 0 Å². The maximum Gasteiger partial charge on any atom is 0.223 e. The monoisotopic (exact) mass is 373 g/mol. The van der Waals surface area contributed by atoms with E-state index in [0.717, 1.165) is 63.1 Å². The van der Waals surface area contributed by atoms with Crippen LogP contribution in [0.25, 0.3) is 0 Å². The number of fused-ring (bicyclic) bond motifs is 1. The lowest BCUT2D eigenvalue weighted by molar-refractivity contribution is -0.135. The third-order valence-corrected chi connectivity index (χ3v) is 5.34. The van der Waals surface area contributed by atoms with Crippen molar-refractivity contribution < 1.29 is 9.59 Å². The zero-order chi connectivity index (χ0) is 19.6. The summed E-state index contributed by atoms with van der Waals surface area (Å²) in [5.74, 6) is 0.925. The van der Waals surface area contributed by atoms with Crippen molar-refractivity contribution in [1.82, 2.24) is 15.2 Å². The molecule has 5 heteroatoms. The van der Waals surface area contributed by atoms with E-state index in [4.69, 9.17) is 0 Å². The van der Waals surface area contributed by atoms with Crippen LogP contribution < -0.4 is 5.32 Å². The fourth-order valence-electron chi connectivity index (χ4n) is 3.85. The number of nitrogens with one attached hydrogen (secondary N) is 1. The van der Waals surface area contributed by atoms with Crippen molar-refractivity contribution in [1.29, 1.82) is 0 Å². The van der Waals surface area contributed by atoms with Crippen molar-refractivity contribution in [3.8, 4) is 0 Å². The molecule has 3 aliphatic heterocycles. The second kappa shape index (κ2) is 11.2. The largest absolute Gasteiger partial charge is 0.330 e. The molecule has 4 heterocycles. The molecule has 3 aliphatic rings. The molecule has 1 aromatic heterocycles. The maximum atomic E-state index is 11.6. The lowest BCUT2D eigenvalue weighted by Gasteiger charge is -2.27. The zero-order valence-electron chi connectivity index (χ0n) is 17.1. The van der Waals surface area contributed by atoms with Gasteiger partial charge < -0.3 is 15.0 Å². The summed E-state index contributed by atoms with van der Waals surface area (Å²) >= 11 is 0. The Bertz CT molecular complexity index is 601. The molecule has 0 unspecified atom stereocenters. The fourth-order valence-corrected chi connectivity index (χ4v) is 3.85. The minimum absolute atomic E-state index is 0.115. The Kier molecular flexibility index (Phi) is 8.92. The lowest BCUT2D eigenvalue weighted by Crippen LogP contribution is -2.40. The van der Waals surface area contributed by atoms with E-state index in [1.807, 2.05) is 18.0 Å². The van der Waals surface area contributed by atoms with Gasteiger partial charge in [0.2, 0.25) is 5.91 Å². The van der Waals surface area contributed by atoms with Gasteiger partial charge in [-0.25, -0.2) is 0 Å². The lowest BCUT2D eigenvalue weighted by atomic mass is 9.94. The van der Waals surface area contributed by atoms with E-state index in [9.17, 15) is 9.59 Å². The van der Waals surface area contributed by atoms with Crippen molar-refractivity contribution in [2.45, 2.75) is 83.7 Å². The van der Waals surface area contributed by atoms with Crippen molar-refractivity contribution in [2.75, 3.05) is 13.1 Å². The molecule has 1 N–H and O–H groups in total. The van der Waals surface area contributed by atoms with E-state index in [1.54, 1.807) is 0 Å². The summed E-state index contributed by atoms with van der Waals surface area (Å²) in [7, 11) is 0. The minimum atomic E-state index is -0.115. The predicted molar refractivity (Wildman–Crippen MR) is 109 cm³/mol. The van der Waals surface area contributed by atoms with Crippen LogP contribution in [0.3, 0.4) is 0 Å². The molecule has 27 heavy (non-hydrogen) atoms. The molecule has 0 spiro atoms. The predicted octanol–water partition coefficient (Wildman–Crippen LogP) is 3.61. The number of hydrogen-bond acceptors (Lipinski definition) is 4. The summed E-state index contributed by atoms with van der Waals surface area (Å²) in [6.45, 7) is 8.54. The second-order valence-electron chi connectivity index (χ2n) is 7.77. The molecule has 0 radical (unpaired) electrons. The van der Waals surface area contributed by atoms with E-state index in [-0.39, 0.29) is 11.9 Å². The first-order chi connectivity index (χ1) is 13.1. The molecule has 150 valence electrons. The number of aromatic nitrogens is 1. The number of nitrogens with zero attached hydrogens (tertiary/aromatic N) is 2. The average molecular weight is 374 g/mol. The van der Waals surface area contributed by atoms with Gasteiger partial charge in [-0.15, -0.1) is 0 Å². The van der Waals surface area contributed by atoms with Crippen LogP contribution in [-0.2, 0) is 9.59 Å². The van der Waals surface area contributed by atoms with Crippen LogP contribution in [0.1, 0.15) is 76.0 Å². The van der Waals surface area contributed by atoms with Gasteiger partial charge in [-0.05, 0) is 50.3 Å². The molecule has 5 nitrogen and oxygen atoms in total. The second-order valence-corrected chi connectivity index (χ2v) is 7.77. The van der Waals surface area contributed by atoms with Crippen LogP contribution in [0.15, 0.2) is 18.3 Å². The Labute approximate surface area is 163 Å². The van der Waals surface area contributed by atoms with Gasteiger partial charge >= 0.3 is 0 Å². The van der Waals surface area contributed by atoms with Crippen molar-refractivity contribution in [2.24, 2.45) is 0 Å². The highest BCUT2D eigenvalue weighted by Crippen LogP contribution is 2.30. The third-order valence-electron chi connectivity index (χ3n) is 5.34. The Morgan fingerprint density at radius 3 is 2.56 bits per heavy atom. The molecule has 3 fully saturated rings. The van der Waals surface area contributed by atoms with E-state index in [0.29, 0.717) is 12.5 Å². The van der Waals surface area contributed by atoms with Gasteiger partial charge in [0.1, 0.15) is 6.29 Å². The van der Waals surface area contributed by atoms with Crippen LogP contribution in [0.4, 0.5) is 0 Å². The van der Waals surface area contributed by atoms with Gasteiger partial charge in [-0.1, -0.05) is 26.7 Å². The molecule has 1 amide bonds. The summed E-state index contributed by atoms with van der Waals surface area (Å²) in [5, 5.41) is 3.26. The fraction of sp³-hybridized carbons (Fsp3) is 0.682. The van der Waals surface area contributed by atoms with Crippen molar-refractivity contribution in [3.05, 3.63) is 29.6 Å². The van der Waals surface area contributed by atoms with Gasteiger partial charge in [0.15, 0.2) is 0 Å². The topological polar surface area (TPSA) is 62.3 Å². The number of carbonyl (C=O) groups is 2. The molecule has 0 aliphatic carbocycles. The van der Waals surface area contributed by atoms with E-state index in [2.05, 4.69) is 36.3 Å². The van der Waals surface area contributed by atoms with E-state index >= 15 is 0 Å². The smallest absolute Gasteiger partial charge is 0.223 e. The maximum absolute atomic E-state index is 11.6. The first-order valence-corrected chi connectivity index (χ1v) is 10.5. The van der Waals surface area contributed by atoms with Crippen LogP contribution in [0, 0.1) is 6.92 Å². The van der Waals surface area contributed by atoms with Gasteiger partial charge in [-0.3, -0.25) is 9.78 Å². The average Bonchev–Trinajstić information content (AvgIpc) is 2.93. The SMILES string of the molecule is CCC.Cc1cc(C2CNC2)ccn1.O=C[C@@H]1CC[C@@H]2CCCCC(=O)N21. The number of aldehydes is 1. The highest BCUT2D eigenvalue weighted by atomic mass is 16.2. The van der Waals surface area contributed by atoms with E-state index in [1.165, 1.54) is 12.0 Å². The molecule has 0 saturated carbocycles. The van der Waals surface area contributed by atoms with Crippen LogP contribution in [0.5, 0.6) is 0 Å². The summed E-state index contributed by atoms with van der Waals surface area (Å²) < 4.78 is 0. The molecule has 1 aromatic rings. The van der Waals surface area contributed by atoms with Crippen LogP contribution in [-0.4, -0.2) is 47.3 Å². The molecule has 4 rings (SSSR count). The van der Waals surface area contributed by atoms with Crippen molar-refractivity contribution in [3.63, 3.8) is 0 Å². The molecule has 0 bridgehead atoms.